The van der Waals surface area contributed by atoms with Gasteiger partial charge in [-0.15, -0.1) is 0 Å². The maximum Gasteiger partial charge on any atom is 0.332 e. The first-order chi connectivity index (χ1) is 10.3. The summed E-state index contributed by atoms with van der Waals surface area (Å²) < 4.78 is 2.48. The van der Waals surface area contributed by atoms with Crippen LogP contribution in [0.3, 0.4) is 0 Å². The Kier molecular flexibility index (Phi) is 4.65. The molecule has 22 heavy (non-hydrogen) atoms. The molecule has 2 rings (SSSR count). The summed E-state index contributed by atoms with van der Waals surface area (Å²) in [5.74, 6) is 0. The predicted octanol–water partition coefficient (Wildman–Crippen LogP) is 0.248. The smallest absolute Gasteiger partial charge is 0.332 e. The molecule has 0 aliphatic heterocycles. The van der Waals surface area contributed by atoms with Gasteiger partial charge in [0.05, 0.1) is 11.5 Å². The van der Waals surface area contributed by atoms with Crippen molar-refractivity contribution in [2.75, 3.05) is 0 Å². The monoisotopic (exact) mass is 307 g/mol. The number of aliphatic hydroxyl groups excluding tert-OH is 1. The second kappa shape index (κ2) is 6.31. The fourth-order valence-corrected chi connectivity index (χ4v) is 2.60. The summed E-state index contributed by atoms with van der Waals surface area (Å²) in [5, 5.41) is 9.60. The van der Waals surface area contributed by atoms with Crippen molar-refractivity contribution in [3.63, 3.8) is 0 Å². The molecule has 0 aromatic carbocycles. The molecule has 120 valence electrons. The molecule has 0 amide bonds. The van der Waals surface area contributed by atoms with Crippen molar-refractivity contribution in [2.24, 2.45) is 7.05 Å². The van der Waals surface area contributed by atoms with Crippen molar-refractivity contribution < 1.29 is 5.11 Å². The summed E-state index contributed by atoms with van der Waals surface area (Å²) in [5.41, 5.74) is -0.369. The van der Waals surface area contributed by atoms with Gasteiger partial charge in [0, 0.05) is 19.7 Å². The fourth-order valence-electron chi connectivity index (χ4n) is 2.60. The molecular weight excluding hydrogens is 286 g/mol. The molecule has 0 aliphatic rings. The van der Waals surface area contributed by atoms with Crippen LogP contribution in [0.25, 0.3) is 11.0 Å². The maximum absolute atomic E-state index is 12.5. The van der Waals surface area contributed by atoms with Crippen LogP contribution >= 0.6 is 0 Å². The molecule has 0 saturated heterocycles. The molecule has 2 N–H and O–H groups in total. The maximum atomic E-state index is 12.5. The number of aryl methyl sites for hydroxylation is 2. The summed E-state index contributed by atoms with van der Waals surface area (Å²) in [6.45, 7) is 3.69. The van der Waals surface area contributed by atoms with Crippen LogP contribution in [0.5, 0.6) is 0 Å². The SMILES string of the molecule is Cc1cc(=O)[nH]c2c1c(=O)n(CCCC[C@@H](C)O)c(=O)n2C. The Morgan fingerprint density at radius 2 is 1.95 bits per heavy atom. The molecule has 0 spiro atoms. The van der Waals surface area contributed by atoms with Gasteiger partial charge in [0.2, 0.25) is 5.56 Å². The van der Waals surface area contributed by atoms with Crippen molar-refractivity contribution >= 4 is 11.0 Å². The van der Waals surface area contributed by atoms with E-state index < -0.39 is 5.69 Å². The average Bonchev–Trinajstić information content (AvgIpc) is 2.43. The van der Waals surface area contributed by atoms with Crippen LogP contribution in [0.4, 0.5) is 0 Å². The summed E-state index contributed by atoms with van der Waals surface area (Å²) in [6, 6.07) is 1.35. The zero-order valence-electron chi connectivity index (χ0n) is 13.0. The van der Waals surface area contributed by atoms with Gasteiger partial charge in [-0.2, -0.15) is 0 Å². The standard InChI is InChI=1S/C15H21N3O4/c1-9-8-11(20)16-13-12(9)14(21)18(15(22)17(13)3)7-5-4-6-10(2)19/h8,10,19H,4-7H2,1-3H3,(H,16,20)/t10-/m1/s1. The molecule has 7 heteroatoms. The quantitative estimate of drug-likeness (QED) is 0.774. The van der Waals surface area contributed by atoms with Gasteiger partial charge in [-0.3, -0.25) is 18.7 Å². The van der Waals surface area contributed by atoms with Gasteiger partial charge in [0.1, 0.15) is 5.65 Å². The Bertz CT molecular complexity index is 858. The topological polar surface area (TPSA) is 97.1 Å². The number of aromatic amines is 1. The number of H-pyrrole nitrogens is 1. The lowest BCUT2D eigenvalue weighted by molar-refractivity contribution is 0.180. The number of rotatable bonds is 5. The van der Waals surface area contributed by atoms with Crippen LogP contribution in [0.15, 0.2) is 20.4 Å². The average molecular weight is 307 g/mol. The van der Waals surface area contributed by atoms with Crippen LogP contribution in [0.1, 0.15) is 31.7 Å². The number of nitrogens with one attached hydrogen (secondary N) is 1. The highest BCUT2D eigenvalue weighted by atomic mass is 16.3. The minimum Gasteiger partial charge on any atom is -0.393 e. The summed E-state index contributed by atoms with van der Waals surface area (Å²) >= 11 is 0. The third-order valence-electron chi connectivity index (χ3n) is 3.79. The van der Waals surface area contributed by atoms with Crippen LogP contribution in [0.2, 0.25) is 0 Å². The van der Waals surface area contributed by atoms with Gasteiger partial charge in [-0.1, -0.05) is 0 Å². The van der Waals surface area contributed by atoms with Crippen LogP contribution < -0.4 is 16.8 Å². The highest BCUT2D eigenvalue weighted by Gasteiger charge is 2.13. The lowest BCUT2D eigenvalue weighted by Gasteiger charge is -2.11. The number of hydrogen-bond acceptors (Lipinski definition) is 4. The Balaban J connectivity index is 2.50. The Morgan fingerprint density at radius 1 is 1.27 bits per heavy atom. The van der Waals surface area contributed by atoms with Crippen molar-refractivity contribution in [1.29, 1.82) is 0 Å². The molecule has 0 unspecified atom stereocenters. The molecule has 1 atom stereocenters. The van der Waals surface area contributed by atoms with E-state index in [9.17, 15) is 19.5 Å². The first kappa shape index (κ1) is 16.2. The highest BCUT2D eigenvalue weighted by molar-refractivity contribution is 5.77. The number of unbranched alkanes of at least 4 members (excludes halogenated alkanes) is 1. The zero-order valence-corrected chi connectivity index (χ0v) is 13.0. The number of nitrogens with zero attached hydrogens (tertiary/aromatic N) is 2. The molecule has 2 heterocycles. The number of hydrogen-bond donors (Lipinski definition) is 2. The van der Waals surface area contributed by atoms with Gasteiger partial charge in [-0.05, 0) is 38.7 Å². The van der Waals surface area contributed by atoms with Crippen molar-refractivity contribution in [2.45, 2.75) is 45.8 Å². The Hall–Kier alpha value is -2.15. The van der Waals surface area contributed by atoms with Crippen molar-refractivity contribution in [3.05, 3.63) is 42.8 Å². The second-order valence-corrected chi connectivity index (χ2v) is 5.68. The van der Waals surface area contributed by atoms with E-state index in [2.05, 4.69) is 4.98 Å². The van der Waals surface area contributed by atoms with Gasteiger partial charge in [-0.25, -0.2) is 4.79 Å². The third kappa shape index (κ3) is 3.04. The Labute approximate surface area is 126 Å². The largest absolute Gasteiger partial charge is 0.393 e. The molecule has 7 nitrogen and oxygen atoms in total. The summed E-state index contributed by atoms with van der Waals surface area (Å²) in [7, 11) is 1.53. The number of pyridine rings is 1. The minimum absolute atomic E-state index is 0.250. The van der Waals surface area contributed by atoms with E-state index >= 15 is 0 Å². The number of aromatic nitrogens is 3. The fraction of sp³-hybridized carbons (Fsp3) is 0.533. The molecule has 0 aliphatic carbocycles. The van der Waals surface area contributed by atoms with E-state index in [1.165, 1.54) is 22.2 Å². The predicted molar refractivity (Wildman–Crippen MR) is 84.3 cm³/mol. The lowest BCUT2D eigenvalue weighted by Crippen LogP contribution is -2.40. The van der Waals surface area contributed by atoms with E-state index in [1.807, 2.05) is 0 Å². The van der Waals surface area contributed by atoms with Gasteiger partial charge in [0.15, 0.2) is 0 Å². The van der Waals surface area contributed by atoms with E-state index in [0.29, 0.717) is 30.3 Å². The van der Waals surface area contributed by atoms with Crippen LogP contribution in [-0.2, 0) is 13.6 Å². The van der Waals surface area contributed by atoms with Crippen LogP contribution in [0, 0.1) is 6.92 Å². The lowest BCUT2D eigenvalue weighted by atomic mass is 10.1. The third-order valence-corrected chi connectivity index (χ3v) is 3.79. The summed E-state index contributed by atoms with van der Waals surface area (Å²) in [4.78, 5) is 38.9. The molecule has 0 fully saturated rings. The number of aliphatic hydroxyl groups is 1. The van der Waals surface area contributed by atoms with E-state index in [4.69, 9.17) is 0 Å². The molecular formula is C15H21N3O4. The van der Waals surface area contributed by atoms with Gasteiger partial charge in [0.25, 0.3) is 5.56 Å². The first-order valence-electron chi connectivity index (χ1n) is 7.34. The second-order valence-electron chi connectivity index (χ2n) is 5.68. The molecule has 0 radical (unpaired) electrons. The van der Waals surface area contributed by atoms with E-state index in [0.717, 1.165) is 6.42 Å². The summed E-state index contributed by atoms with van der Waals surface area (Å²) in [6.07, 6.45) is 1.61. The molecule has 0 saturated carbocycles. The normalized spacial score (nSPS) is 12.7. The Morgan fingerprint density at radius 3 is 2.59 bits per heavy atom. The van der Waals surface area contributed by atoms with Crippen molar-refractivity contribution in [3.8, 4) is 0 Å². The molecule has 2 aromatic rings. The highest BCUT2D eigenvalue weighted by Crippen LogP contribution is 2.07. The molecule has 0 bridgehead atoms. The molecule has 2 aromatic heterocycles. The van der Waals surface area contributed by atoms with Crippen molar-refractivity contribution in [1.82, 2.24) is 14.1 Å². The minimum atomic E-state index is -0.448. The zero-order chi connectivity index (χ0) is 16.4. The van der Waals surface area contributed by atoms with E-state index in [-0.39, 0.29) is 22.9 Å². The van der Waals surface area contributed by atoms with Gasteiger partial charge >= 0.3 is 5.69 Å². The number of fused-ring (bicyclic) bond motifs is 1. The van der Waals surface area contributed by atoms with E-state index in [1.54, 1.807) is 13.8 Å². The van der Waals surface area contributed by atoms with Crippen LogP contribution in [-0.4, -0.2) is 25.3 Å². The van der Waals surface area contributed by atoms with Gasteiger partial charge < -0.3 is 10.1 Å². The first-order valence-corrected chi connectivity index (χ1v) is 7.34.